The first-order chi connectivity index (χ1) is 9.70. The van der Waals surface area contributed by atoms with E-state index in [2.05, 4.69) is 43.0 Å². The zero-order valence-corrected chi connectivity index (χ0v) is 13.1. The Morgan fingerprint density at radius 2 is 1.95 bits per heavy atom. The van der Waals surface area contributed by atoms with Crippen molar-refractivity contribution in [3.05, 3.63) is 35.4 Å². The number of rotatable bonds is 6. The maximum atomic E-state index is 6.36. The molecular formula is C18H30N2. The molecule has 0 bridgehead atoms. The lowest BCUT2D eigenvalue weighted by Crippen LogP contribution is -2.35. The third kappa shape index (κ3) is 4.32. The highest BCUT2D eigenvalue weighted by molar-refractivity contribution is 5.28. The van der Waals surface area contributed by atoms with Crippen LogP contribution in [0.15, 0.2) is 24.3 Å². The van der Waals surface area contributed by atoms with Gasteiger partial charge in [0.2, 0.25) is 0 Å². The molecule has 0 saturated carbocycles. The van der Waals surface area contributed by atoms with Crippen LogP contribution in [0.2, 0.25) is 0 Å². The van der Waals surface area contributed by atoms with Crippen molar-refractivity contribution in [2.75, 3.05) is 19.6 Å². The summed E-state index contributed by atoms with van der Waals surface area (Å²) in [7, 11) is 0. The van der Waals surface area contributed by atoms with E-state index < -0.39 is 0 Å². The monoisotopic (exact) mass is 274 g/mol. The van der Waals surface area contributed by atoms with Gasteiger partial charge in [0.05, 0.1) is 0 Å². The zero-order chi connectivity index (χ0) is 14.4. The van der Waals surface area contributed by atoms with Gasteiger partial charge < -0.3 is 10.6 Å². The molecule has 1 aromatic rings. The van der Waals surface area contributed by atoms with Crippen LogP contribution >= 0.6 is 0 Å². The van der Waals surface area contributed by atoms with Gasteiger partial charge in [-0.25, -0.2) is 0 Å². The van der Waals surface area contributed by atoms with E-state index in [1.165, 1.54) is 49.9 Å². The molecule has 2 rings (SSSR count). The maximum Gasteiger partial charge on any atom is 0.0309 e. The first kappa shape index (κ1) is 15.5. The van der Waals surface area contributed by atoms with Crippen molar-refractivity contribution in [1.29, 1.82) is 0 Å². The van der Waals surface area contributed by atoms with Gasteiger partial charge in [0.25, 0.3) is 0 Å². The minimum absolute atomic E-state index is 0.185. The molecule has 1 heterocycles. The Labute approximate surface area is 124 Å². The third-order valence-electron chi connectivity index (χ3n) is 4.75. The van der Waals surface area contributed by atoms with E-state index in [0.717, 1.165) is 18.9 Å². The summed E-state index contributed by atoms with van der Waals surface area (Å²) in [4.78, 5) is 2.60. The first-order valence-electron chi connectivity index (χ1n) is 8.24. The van der Waals surface area contributed by atoms with Gasteiger partial charge in [-0.3, -0.25) is 0 Å². The summed E-state index contributed by atoms with van der Waals surface area (Å²) in [6, 6.07) is 8.70. The van der Waals surface area contributed by atoms with E-state index in [9.17, 15) is 0 Å². The van der Waals surface area contributed by atoms with E-state index in [-0.39, 0.29) is 6.04 Å². The molecule has 0 radical (unpaired) electrons. The second-order valence-electron chi connectivity index (χ2n) is 6.33. The van der Waals surface area contributed by atoms with Crippen LogP contribution in [0.3, 0.4) is 0 Å². The topological polar surface area (TPSA) is 29.3 Å². The Morgan fingerprint density at radius 1 is 1.25 bits per heavy atom. The van der Waals surface area contributed by atoms with Gasteiger partial charge in [0.15, 0.2) is 0 Å². The number of hydrogen-bond donors (Lipinski definition) is 1. The number of aryl methyl sites for hydroxylation is 1. The molecule has 2 nitrogen and oxygen atoms in total. The minimum atomic E-state index is 0.185. The van der Waals surface area contributed by atoms with Crippen molar-refractivity contribution < 1.29 is 0 Å². The molecule has 0 aliphatic carbocycles. The van der Waals surface area contributed by atoms with E-state index in [4.69, 9.17) is 5.73 Å². The van der Waals surface area contributed by atoms with Crippen LogP contribution in [0, 0.1) is 12.8 Å². The summed E-state index contributed by atoms with van der Waals surface area (Å²) < 4.78 is 0. The fraction of sp³-hybridized carbons (Fsp3) is 0.667. The molecule has 1 unspecified atom stereocenters. The summed E-state index contributed by atoms with van der Waals surface area (Å²) in [5.41, 5.74) is 9.00. The van der Waals surface area contributed by atoms with Gasteiger partial charge in [0.1, 0.15) is 0 Å². The molecule has 0 aromatic heterocycles. The molecule has 1 atom stereocenters. The minimum Gasteiger partial charge on any atom is -0.324 e. The molecule has 0 spiro atoms. The summed E-state index contributed by atoms with van der Waals surface area (Å²) in [6.45, 7) is 8.14. The normalized spacial score (nSPS) is 19.1. The van der Waals surface area contributed by atoms with Crippen LogP contribution in [0.1, 0.15) is 56.2 Å². The second kappa shape index (κ2) is 7.80. The highest BCUT2D eigenvalue weighted by Gasteiger charge is 2.19. The standard InChI is InChI=1S/C18H30N2/c1-3-6-16-9-12-20(13-10-16)14-11-18(19)17-8-5-4-7-15(17)2/h4-5,7-8,16,18H,3,6,9-14,19H2,1-2H3. The Hall–Kier alpha value is -0.860. The molecule has 2 N–H and O–H groups in total. The van der Waals surface area contributed by atoms with Crippen molar-refractivity contribution in [3.8, 4) is 0 Å². The summed E-state index contributed by atoms with van der Waals surface area (Å²) in [5.74, 6) is 0.973. The molecule has 1 fully saturated rings. The number of nitrogens with two attached hydrogens (primary N) is 1. The van der Waals surface area contributed by atoms with Crippen molar-refractivity contribution in [2.24, 2.45) is 11.7 Å². The van der Waals surface area contributed by atoms with Crippen LogP contribution in [0.25, 0.3) is 0 Å². The molecule has 2 heteroatoms. The Morgan fingerprint density at radius 3 is 2.60 bits per heavy atom. The number of nitrogens with zero attached hydrogens (tertiary/aromatic N) is 1. The quantitative estimate of drug-likeness (QED) is 0.852. The smallest absolute Gasteiger partial charge is 0.0309 e. The van der Waals surface area contributed by atoms with Crippen molar-refractivity contribution in [2.45, 2.75) is 52.0 Å². The predicted octanol–water partition coefficient (Wildman–Crippen LogP) is 3.90. The predicted molar refractivity (Wildman–Crippen MR) is 86.8 cm³/mol. The van der Waals surface area contributed by atoms with Gasteiger partial charge in [-0.15, -0.1) is 0 Å². The van der Waals surface area contributed by atoms with E-state index in [1.54, 1.807) is 0 Å². The fourth-order valence-electron chi connectivity index (χ4n) is 3.39. The second-order valence-corrected chi connectivity index (χ2v) is 6.33. The van der Waals surface area contributed by atoms with Crippen LogP contribution in [-0.4, -0.2) is 24.5 Å². The number of piperidine rings is 1. The third-order valence-corrected chi connectivity index (χ3v) is 4.75. The Kier molecular flexibility index (Phi) is 6.06. The van der Waals surface area contributed by atoms with Crippen molar-refractivity contribution in [1.82, 2.24) is 4.90 Å². The Balaban J connectivity index is 1.75. The highest BCUT2D eigenvalue weighted by atomic mass is 15.1. The molecule has 1 aliphatic heterocycles. The highest BCUT2D eigenvalue weighted by Crippen LogP contribution is 2.23. The maximum absolute atomic E-state index is 6.36. The Bertz CT molecular complexity index is 394. The van der Waals surface area contributed by atoms with Gasteiger partial charge in [0, 0.05) is 6.04 Å². The van der Waals surface area contributed by atoms with Crippen molar-refractivity contribution >= 4 is 0 Å². The summed E-state index contributed by atoms with van der Waals surface area (Å²) in [6.07, 6.45) is 6.59. The van der Waals surface area contributed by atoms with E-state index >= 15 is 0 Å². The van der Waals surface area contributed by atoms with Crippen LogP contribution in [0.5, 0.6) is 0 Å². The average molecular weight is 274 g/mol. The van der Waals surface area contributed by atoms with Gasteiger partial charge >= 0.3 is 0 Å². The average Bonchev–Trinajstić information content (AvgIpc) is 2.47. The van der Waals surface area contributed by atoms with E-state index in [1.807, 2.05) is 0 Å². The summed E-state index contributed by atoms with van der Waals surface area (Å²) in [5, 5.41) is 0. The van der Waals surface area contributed by atoms with Gasteiger partial charge in [-0.2, -0.15) is 0 Å². The van der Waals surface area contributed by atoms with E-state index in [0.29, 0.717) is 0 Å². The molecule has 1 saturated heterocycles. The van der Waals surface area contributed by atoms with Crippen LogP contribution in [-0.2, 0) is 0 Å². The van der Waals surface area contributed by atoms with Gasteiger partial charge in [-0.1, -0.05) is 44.0 Å². The lowest BCUT2D eigenvalue weighted by molar-refractivity contribution is 0.174. The number of hydrogen-bond acceptors (Lipinski definition) is 2. The molecule has 112 valence electrons. The summed E-state index contributed by atoms with van der Waals surface area (Å²) >= 11 is 0. The van der Waals surface area contributed by atoms with Crippen LogP contribution in [0.4, 0.5) is 0 Å². The molecule has 0 amide bonds. The molecule has 1 aromatic carbocycles. The molecular weight excluding hydrogens is 244 g/mol. The van der Waals surface area contributed by atoms with Crippen molar-refractivity contribution in [3.63, 3.8) is 0 Å². The van der Waals surface area contributed by atoms with Crippen LogP contribution < -0.4 is 5.73 Å². The largest absolute Gasteiger partial charge is 0.324 e. The zero-order valence-electron chi connectivity index (χ0n) is 13.1. The first-order valence-corrected chi connectivity index (χ1v) is 8.24. The number of likely N-dealkylation sites (tertiary alicyclic amines) is 1. The number of benzene rings is 1. The lowest BCUT2D eigenvalue weighted by atomic mass is 9.92. The molecule has 20 heavy (non-hydrogen) atoms. The van der Waals surface area contributed by atoms with Gasteiger partial charge in [-0.05, 0) is 62.9 Å². The molecule has 1 aliphatic rings. The lowest BCUT2D eigenvalue weighted by Gasteiger charge is -2.32. The fourth-order valence-corrected chi connectivity index (χ4v) is 3.39. The SMILES string of the molecule is CCCC1CCN(CCC(N)c2ccccc2C)CC1.